The van der Waals surface area contributed by atoms with E-state index in [1.54, 1.807) is 6.92 Å². The standard InChI is InChI=1S/C15H14F2N2O4S2/c1-9-4-10-5-13(24(18,20)21)2-3-15(10)19(9)25(22,23)14-7-11(16)6-12(17)8-14/h2-3,5-9H,4H2,1H3,(H2,18,20,21). The molecule has 2 N–H and O–H groups in total. The van der Waals surface area contributed by atoms with Crippen molar-refractivity contribution in [3.8, 4) is 0 Å². The number of benzene rings is 2. The molecule has 1 aliphatic heterocycles. The van der Waals surface area contributed by atoms with Crippen molar-refractivity contribution in [3.63, 3.8) is 0 Å². The number of rotatable bonds is 3. The van der Waals surface area contributed by atoms with Crippen LogP contribution in [0.3, 0.4) is 0 Å². The van der Waals surface area contributed by atoms with E-state index in [2.05, 4.69) is 0 Å². The molecule has 10 heteroatoms. The number of nitrogens with zero attached hydrogens (tertiary/aromatic N) is 1. The van der Waals surface area contributed by atoms with Crippen molar-refractivity contribution in [2.24, 2.45) is 5.14 Å². The highest BCUT2D eigenvalue weighted by Crippen LogP contribution is 2.38. The van der Waals surface area contributed by atoms with E-state index in [0.29, 0.717) is 11.6 Å². The van der Waals surface area contributed by atoms with Gasteiger partial charge in [0.25, 0.3) is 10.0 Å². The largest absolute Gasteiger partial charge is 0.264 e. The van der Waals surface area contributed by atoms with Crippen LogP contribution in [-0.4, -0.2) is 22.9 Å². The monoisotopic (exact) mass is 388 g/mol. The molecule has 25 heavy (non-hydrogen) atoms. The molecule has 0 aliphatic carbocycles. The summed E-state index contributed by atoms with van der Waals surface area (Å²) in [6.07, 6.45) is 0.246. The van der Waals surface area contributed by atoms with Gasteiger partial charge in [0, 0.05) is 12.1 Å². The molecule has 0 radical (unpaired) electrons. The molecule has 0 bridgehead atoms. The van der Waals surface area contributed by atoms with Crippen molar-refractivity contribution < 1.29 is 25.6 Å². The molecule has 0 saturated carbocycles. The van der Waals surface area contributed by atoms with Crippen LogP contribution >= 0.6 is 0 Å². The van der Waals surface area contributed by atoms with Crippen molar-refractivity contribution in [1.29, 1.82) is 0 Å². The molecule has 0 amide bonds. The first-order valence-corrected chi connectivity index (χ1v) is 10.1. The fourth-order valence-electron chi connectivity index (χ4n) is 2.91. The van der Waals surface area contributed by atoms with Gasteiger partial charge in [-0.1, -0.05) is 0 Å². The molecule has 2 aromatic carbocycles. The quantitative estimate of drug-likeness (QED) is 0.866. The van der Waals surface area contributed by atoms with Gasteiger partial charge in [-0.3, -0.25) is 4.31 Å². The summed E-state index contributed by atoms with van der Waals surface area (Å²) in [5.74, 6) is -2.01. The first kappa shape index (κ1) is 17.8. The molecule has 0 aromatic heterocycles. The maximum absolute atomic E-state index is 13.4. The summed E-state index contributed by atoms with van der Waals surface area (Å²) in [7, 11) is -8.15. The zero-order valence-electron chi connectivity index (χ0n) is 13.0. The summed E-state index contributed by atoms with van der Waals surface area (Å²) in [6.45, 7) is 1.61. The average Bonchev–Trinajstić information content (AvgIpc) is 2.80. The van der Waals surface area contributed by atoms with Crippen LogP contribution in [-0.2, 0) is 26.5 Å². The van der Waals surface area contributed by atoms with Gasteiger partial charge in [-0.25, -0.2) is 30.8 Å². The third kappa shape index (κ3) is 3.12. The highest BCUT2D eigenvalue weighted by Gasteiger charge is 2.37. The minimum Gasteiger partial charge on any atom is -0.263 e. The maximum atomic E-state index is 13.4. The molecule has 1 heterocycles. The van der Waals surface area contributed by atoms with Gasteiger partial charge >= 0.3 is 0 Å². The van der Waals surface area contributed by atoms with Gasteiger partial charge in [-0.15, -0.1) is 0 Å². The minimum absolute atomic E-state index is 0.130. The second-order valence-corrected chi connectivity index (χ2v) is 9.17. The summed E-state index contributed by atoms with van der Waals surface area (Å²) < 4.78 is 76.5. The number of anilines is 1. The predicted octanol–water partition coefficient (Wildman–Crippen LogP) is 1.75. The smallest absolute Gasteiger partial charge is 0.263 e. The first-order chi connectivity index (χ1) is 11.5. The lowest BCUT2D eigenvalue weighted by molar-refractivity contribution is 0.563. The molecule has 0 spiro atoms. The number of fused-ring (bicyclic) bond motifs is 1. The van der Waals surface area contributed by atoms with E-state index >= 15 is 0 Å². The summed E-state index contributed by atoms with van der Waals surface area (Å²) in [5, 5.41) is 5.09. The SMILES string of the molecule is CC1Cc2cc(S(N)(=O)=O)ccc2N1S(=O)(=O)c1cc(F)cc(F)c1. The summed E-state index contributed by atoms with van der Waals surface area (Å²) in [6, 6.07) is 5.33. The Balaban J connectivity index is 2.13. The van der Waals surface area contributed by atoms with Crippen molar-refractivity contribution >= 4 is 25.7 Å². The Bertz CT molecular complexity index is 1050. The van der Waals surface area contributed by atoms with Crippen LogP contribution in [0.25, 0.3) is 0 Å². The lowest BCUT2D eigenvalue weighted by Crippen LogP contribution is -2.35. The van der Waals surface area contributed by atoms with E-state index in [4.69, 9.17) is 5.14 Å². The van der Waals surface area contributed by atoms with Gasteiger partial charge in [0.05, 0.1) is 15.5 Å². The van der Waals surface area contributed by atoms with Gasteiger partial charge in [0.2, 0.25) is 10.0 Å². The summed E-state index contributed by atoms with van der Waals surface area (Å²) in [4.78, 5) is -0.644. The predicted molar refractivity (Wildman–Crippen MR) is 87.0 cm³/mol. The number of nitrogens with two attached hydrogens (primary N) is 1. The minimum atomic E-state index is -4.22. The summed E-state index contributed by atoms with van der Waals surface area (Å²) in [5.41, 5.74) is 0.726. The number of hydrogen-bond acceptors (Lipinski definition) is 4. The summed E-state index contributed by atoms with van der Waals surface area (Å²) >= 11 is 0. The Labute approximate surface area is 144 Å². The molecular weight excluding hydrogens is 374 g/mol. The number of primary sulfonamides is 1. The molecule has 1 aliphatic rings. The molecule has 1 atom stereocenters. The third-order valence-electron chi connectivity index (χ3n) is 3.93. The van der Waals surface area contributed by atoms with Gasteiger partial charge in [-0.2, -0.15) is 0 Å². The van der Waals surface area contributed by atoms with Crippen LogP contribution in [0.15, 0.2) is 46.2 Å². The zero-order chi connectivity index (χ0) is 18.6. The van der Waals surface area contributed by atoms with Crippen molar-refractivity contribution in [1.82, 2.24) is 0 Å². The molecule has 134 valence electrons. The second kappa shape index (κ2) is 5.75. The Morgan fingerprint density at radius 3 is 2.16 bits per heavy atom. The molecule has 3 rings (SSSR count). The van der Waals surface area contributed by atoms with E-state index in [9.17, 15) is 25.6 Å². The molecule has 6 nitrogen and oxygen atoms in total. The average molecular weight is 388 g/mol. The van der Waals surface area contributed by atoms with Gasteiger partial charge in [0.1, 0.15) is 11.6 Å². The molecular formula is C15H14F2N2O4S2. The van der Waals surface area contributed by atoms with Crippen molar-refractivity contribution in [2.45, 2.75) is 29.2 Å². The first-order valence-electron chi connectivity index (χ1n) is 7.16. The second-order valence-electron chi connectivity index (χ2n) is 5.79. The normalized spacial score (nSPS) is 17.6. The Morgan fingerprint density at radius 2 is 1.60 bits per heavy atom. The van der Waals surface area contributed by atoms with Crippen molar-refractivity contribution in [3.05, 3.63) is 53.6 Å². The Kier molecular flexibility index (Phi) is 4.09. The zero-order valence-corrected chi connectivity index (χ0v) is 14.6. The Hall–Kier alpha value is -2.04. The van der Waals surface area contributed by atoms with E-state index in [1.807, 2.05) is 0 Å². The number of sulfonamides is 2. The third-order valence-corrected chi connectivity index (χ3v) is 6.74. The van der Waals surface area contributed by atoms with Crippen LogP contribution in [0.1, 0.15) is 12.5 Å². The van der Waals surface area contributed by atoms with Crippen LogP contribution in [0.2, 0.25) is 0 Å². The Morgan fingerprint density at radius 1 is 1.00 bits per heavy atom. The molecule has 0 fully saturated rings. The topological polar surface area (TPSA) is 97.5 Å². The van der Waals surface area contributed by atoms with E-state index in [1.165, 1.54) is 18.2 Å². The van der Waals surface area contributed by atoms with Gasteiger partial charge in [-0.05, 0) is 49.2 Å². The highest BCUT2D eigenvalue weighted by atomic mass is 32.2. The highest BCUT2D eigenvalue weighted by molar-refractivity contribution is 7.93. The number of hydrogen-bond donors (Lipinski definition) is 1. The van der Waals surface area contributed by atoms with Crippen LogP contribution < -0.4 is 9.44 Å². The van der Waals surface area contributed by atoms with Crippen LogP contribution in [0.4, 0.5) is 14.5 Å². The molecule has 2 aromatic rings. The molecule has 1 unspecified atom stereocenters. The van der Waals surface area contributed by atoms with Gasteiger partial charge in [0.15, 0.2) is 0 Å². The fraction of sp³-hybridized carbons (Fsp3) is 0.200. The molecule has 0 saturated heterocycles. The lowest BCUT2D eigenvalue weighted by atomic mass is 10.1. The van der Waals surface area contributed by atoms with E-state index < -0.39 is 42.6 Å². The van der Waals surface area contributed by atoms with Crippen molar-refractivity contribution in [2.75, 3.05) is 4.31 Å². The lowest BCUT2D eigenvalue weighted by Gasteiger charge is -2.24. The fourth-order valence-corrected chi connectivity index (χ4v) is 5.21. The van der Waals surface area contributed by atoms with E-state index in [0.717, 1.165) is 16.4 Å². The van der Waals surface area contributed by atoms with Gasteiger partial charge < -0.3 is 0 Å². The van der Waals surface area contributed by atoms with E-state index in [-0.39, 0.29) is 17.0 Å². The van der Waals surface area contributed by atoms with Crippen LogP contribution in [0.5, 0.6) is 0 Å². The van der Waals surface area contributed by atoms with Crippen LogP contribution in [0, 0.1) is 11.6 Å². The number of halogens is 2. The maximum Gasteiger partial charge on any atom is 0.264 e.